The predicted molar refractivity (Wildman–Crippen MR) is 75.2 cm³/mol. The summed E-state index contributed by atoms with van der Waals surface area (Å²) in [6, 6.07) is 10.2. The van der Waals surface area contributed by atoms with Crippen LogP contribution in [0.1, 0.15) is 23.6 Å². The summed E-state index contributed by atoms with van der Waals surface area (Å²) in [6.07, 6.45) is 4.27. The first-order chi connectivity index (χ1) is 9.25. The van der Waals surface area contributed by atoms with Crippen LogP contribution in [-0.2, 0) is 7.05 Å². The van der Waals surface area contributed by atoms with E-state index < -0.39 is 0 Å². The number of aromatic nitrogens is 2. The lowest BCUT2D eigenvalue weighted by Crippen LogP contribution is -2.26. The van der Waals surface area contributed by atoms with Crippen molar-refractivity contribution >= 4 is 11.5 Å². The minimum atomic E-state index is 0.133. The van der Waals surface area contributed by atoms with Crippen LogP contribution < -0.4 is 5.73 Å². The van der Waals surface area contributed by atoms with Crippen molar-refractivity contribution in [2.75, 3.05) is 0 Å². The zero-order valence-corrected chi connectivity index (χ0v) is 10.7. The molecule has 0 amide bonds. The molecule has 0 radical (unpaired) electrons. The summed E-state index contributed by atoms with van der Waals surface area (Å²) in [7, 11) is 1.95. The van der Waals surface area contributed by atoms with Gasteiger partial charge >= 0.3 is 0 Å². The molecule has 2 aromatic rings. The molecule has 0 saturated heterocycles. The molecule has 0 aliphatic carbocycles. The molecule has 1 aliphatic rings. The number of amidine groups is 1. The third kappa shape index (κ3) is 2.14. The second-order valence-electron chi connectivity index (χ2n) is 4.63. The Bertz CT molecular complexity index is 639. The number of aryl methyl sites for hydroxylation is 1. The van der Waals surface area contributed by atoms with E-state index in [0.29, 0.717) is 12.3 Å². The smallest absolute Gasteiger partial charge is 0.123 e. The monoisotopic (exact) mass is 253 g/mol. The van der Waals surface area contributed by atoms with E-state index in [1.54, 1.807) is 6.33 Å². The zero-order chi connectivity index (χ0) is 13.2. The Morgan fingerprint density at radius 2 is 2.00 bits per heavy atom. The summed E-state index contributed by atoms with van der Waals surface area (Å²) in [4.78, 5) is 4.15. The molecular formula is C14H15N5. The molecule has 5 heteroatoms. The van der Waals surface area contributed by atoms with Crippen molar-refractivity contribution in [1.82, 2.24) is 9.55 Å². The van der Waals surface area contributed by atoms with Crippen LogP contribution in [0.4, 0.5) is 0 Å². The number of hydrogen-bond donors (Lipinski definition) is 1. The van der Waals surface area contributed by atoms with Crippen molar-refractivity contribution in [2.45, 2.75) is 12.3 Å². The van der Waals surface area contributed by atoms with Crippen LogP contribution in [0, 0.1) is 0 Å². The van der Waals surface area contributed by atoms with Crippen LogP contribution in [0.3, 0.4) is 0 Å². The molecule has 0 fully saturated rings. The Kier molecular flexibility index (Phi) is 2.87. The zero-order valence-electron chi connectivity index (χ0n) is 10.7. The van der Waals surface area contributed by atoms with Crippen molar-refractivity contribution in [1.29, 1.82) is 0 Å². The Labute approximate surface area is 111 Å². The molecule has 2 N–H and O–H groups in total. The summed E-state index contributed by atoms with van der Waals surface area (Å²) in [5.41, 5.74) is 8.93. The van der Waals surface area contributed by atoms with E-state index in [1.165, 1.54) is 5.56 Å². The van der Waals surface area contributed by atoms with Crippen molar-refractivity contribution in [3.63, 3.8) is 0 Å². The van der Waals surface area contributed by atoms with E-state index in [2.05, 4.69) is 27.3 Å². The van der Waals surface area contributed by atoms with Gasteiger partial charge in [-0.1, -0.05) is 30.3 Å². The second kappa shape index (κ2) is 4.68. The van der Waals surface area contributed by atoms with Gasteiger partial charge in [-0.05, 0) is 5.56 Å². The highest BCUT2D eigenvalue weighted by molar-refractivity contribution is 6.07. The standard InChI is InChI=1S/C14H15N5/c1-19-9-16-8-12(19)14-11(7-13(15)17-18-14)10-5-3-2-4-6-10/h2-6,8-9,11H,7H2,1H3,(H2,15,17). The highest BCUT2D eigenvalue weighted by Crippen LogP contribution is 2.27. The SMILES string of the molecule is Cn1cncc1C1=NN=C(N)CC1c1ccccc1. The van der Waals surface area contributed by atoms with Gasteiger partial charge in [-0.2, -0.15) is 5.10 Å². The van der Waals surface area contributed by atoms with E-state index in [9.17, 15) is 0 Å². The van der Waals surface area contributed by atoms with Gasteiger partial charge in [0, 0.05) is 19.4 Å². The van der Waals surface area contributed by atoms with Crippen LogP contribution in [0.5, 0.6) is 0 Å². The molecule has 1 aromatic heterocycles. The molecule has 96 valence electrons. The number of benzene rings is 1. The molecule has 1 aromatic carbocycles. The Hall–Kier alpha value is -2.43. The first kappa shape index (κ1) is 11.6. The Morgan fingerprint density at radius 3 is 2.68 bits per heavy atom. The van der Waals surface area contributed by atoms with Gasteiger partial charge in [0.05, 0.1) is 23.9 Å². The van der Waals surface area contributed by atoms with Gasteiger partial charge in [0.25, 0.3) is 0 Å². The third-order valence-corrected chi connectivity index (χ3v) is 3.31. The third-order valence-electron chi connectivity index (χ3n) is 3.31. The fourth-order valence-electron chi connectivity index (χ4n) is 2.33. The highest BCUT2D eigenvalue weighted by atomic mass is 15.3. The number of nitrogens with zero attached hydrogens (tertiary/aromatic N) is 4. The van der Waals surface area contributed by atoms with Crippen LogP contribution >= 0.6 is 0 Å². The molecule has 1 unspecified atom stereocenters. The largest absolute Gasteiger partial charge is 0.386 e. The first-order valence-corrected chi connectivity index (χ1v) is 6.17. The average Bonchev–Trinajstić information content (AvgIpc) is 2.86. The van der Waals surface area contributed by atoms with Crippen molar-refractivity contribution < 1.29 is 0 Å². The second-order valence-corrected chi connectivity index (χ2v) is 4.63. The maximum atomic E-state index is 5.84. The van der Waals surface area contributed by atoms with Crippen LogP contribution in [0.15, 0.2) is 53.1 Å². The Balaban J connectivity index is 2.07. The van der Waals surface area contributed by atoms with Crippen LogP contribution in [-0.4, -0.2) is 21.1 Å². The van der Waals surface area contributed by atoms with E-state index in [4.69, 9.17) is 5.73 Å². The maximum Gasteiger partial charge on any atom is 0.123 e. The molecule has 3 rings (SSSR count). The van der Waals surface area contributed by atoms with E-state index in [-0.39, 0.29) is 5.92 Å². The number of rotatable bonds is 2. The minimum Gasteiger partial charge on any atom is -0.386 e. The molecule has 0 saturated carbocycles. The fraction of sp³-hybridized carbons (Fsp3) is 0.214. The number of hydrogen-bond acceptors (Lipinski definition) is 4. The molecule has 1 atom stereocenters. The van der Waals surface area contributed by atoms with E-state index in [1.807, 2.05) is 36.0 Å². The quantitative estimate of drug-likeness (QED) is 0.884. The summed E-state index contributed by atoms with van der Waals surface area (Å²) in [5.74, 6) is 0.703. The summed E-state index contributed by atoms with van der Waals surface area (Å²) in [5, 5.41) is 8.32. The van der Waals surface area contributed by atoms with Gasteiger partial charge in [-0.15, -0.1) is 5.10 Å². The summed E-state index contributed by atoms with van der Waals surface area (Å²) < 4.78 is 1.95. The van der Waals surface area contributed by atoms with E-state index >= 15 is 0 Å². The highest BCUT2D eigenvalue weighted by Gasteiger charge is 2.26. The van der Waals surface area contributed by atoms with Crippen molar-refractivity contribution in [2.24, 2.45) is 23.0 Å². The molecule has 5 nitrogen and oxygen atoms in total. The van der Waals surface area contributed by atoms with Gasteiger partial charge < -0.3 is 10.3 Å². The molecule has 1 aliphatic heterocycles. The van der Waals surface area contributed by atoms with Gasteiger partial charge in [0.1, 0.15) is 5.84 Å². The van der Waals surface area contributed by atoms with Gasteiger partial charge in [0.15, 0.2) is 0 Å². The van der Waals surface area contributed by atoms with Gasteiger partial charge in [-0.3, -0.25) is 0 Å². The van der Waals surface area contributed by atoms with Crippen LogP contribution in [0.25, 0.3) is 0 Å². The van der Waals surface area contributed by atoms with Crippen LogP contribution in [0.2, 0.25) is 0 Å². The van der Waals surface area contributed by atoms with Gasteiger partial charge in [-0.25, -0.2) is 4.98 Å². The Morgan fingerprint density at radius 1 is 1.21 bits per heavy atom. The lowest BCUT2D eigenvalue weighted by Gasteiger charge is -2.21. The van der Waals surface area contributed by atoms with E-state index in [0.717, 1.165) is 11.4 Å². The molecule has 2 heterocycles. The topological polar surface area (TPSA) is 68.6 Å². The molecule has 19 heavy (non-hydrogen) atoms. The lowest BCUT2D eigenvalue weighted by atomic mass is 9.88. The summed E-state index contributed by atoms with van der Waals surface area (Å²) in [6.45, 7) is 0. The minimum absolute atomic E-state index is 0.133. The predicted octanol–water partition coefficient (Wildman–Crippen LogP) is 1.67. The van der Waals surface area contributed by atoms with Gasteiger partial charge in [0.2, 0.25) is 0 Å². The normalized spacial score (nSPS) is 18.9. The first-order valence-electron chi connectivity index (χ1n) is 6.17. The number of imidazole rings is 1. The number of nitrogens with two attached hydrogens (primary N) is 1. The average molecular weight is 253 g/mol. The lowest BCUT2D eigenvalue weighted by molar-refractivity contribution is 0.847. The van der Waals surface area contributed by atoms with Crippen molar-refractivity contribution in [3.05, 3.63) is 54.1 Å². The summed E-state index contributed by atoms with van der Waals surface area (Å²) >= 11 is 0. The molecular weight excluding hydrogens is 238 g/mol. The fourth-order valence-corrected chi connectivity index (χ4v) is 2.33. The molecule has 0 bridgehead atoms. The maximum absolute atomic E-state index is 5.84. The molecule has 0 spiro atoms. The van der Waals surface area contributed by atoms with Crippen molar-refractivity contribution in [3.8, 4) is 0 Å².